The molecule has 1 unspecified atom stereocenters. The Labute approximate surface area is 191 Å². The van der Waals surface area contributed by atoms with Gasteiger partial charge >= 0.3 is 6.09 Å². The second-order valence-corrected chi connectivity index (χ2v) is 9.39. The fraction of sp³-hybridized carbons (Fsp3) is 0.100. The first-order valence-corrected chi connectivity index (χ1v) is 11.7. The van der Waals surface area contributed by atoms with E-state index in [0.717, 1.165) is 23.5 Å². The van der Waals surface area contributed by atoms with Gasteiger partial charge in [0.15, 0.2) is 5.82 Å². The van der Waals surface area contributed by atoms with Gasteiger partial charge in [-0.25, -0.2) is 27.0 Å². The van der Waals surface area contributed by atoms with E-state index in [1.807, 2.05) is 0 Å². The van der Waals surface area contributed by atoms with Crippen LogP contribution in [0.5, 0.6) is 0 Å². The lowest BCUT2D eigenvalue weighted by Gasteiger charge is -2.20. The van der Waals surface area contributed by atoms with Crippen LogP contribution in [-0.2, 0) is 10.0 Å². The van der Waals surface area contributed by atoms with Crippen molar-refractivity contribution >= 4 is 56.6 Å². The van der Waals surface area contributed by atoms with Gasteiger partial charge < -0.3 is 10.4 Å². The van der Waals surface area contributed by atoms with Gasteiger partial charge in [-0.05, 0) is 36.8 Å². The first-order chi connectivity index (χ1) is 15.1. The Morgan fingerprint density at radius 2 is 2.03 bits per heavy atom. The number of hydrogen-bond acceptors (Lipinski definition) is 6. The second kappa shape index (κ2) is 9.23. The third kappa shape index (κ3) is 4.59. The fourth-order valence-corrected chi connectivity index (χ4v) is 5.09. The number of sulfonamides is 1. The highest BCUT2D eigenvalue weighted by molar-refractivity contribution is 7.93. The zero-order valence-electron chi connectivity index (χ0n) is 16.4. The van der Waals surface area contributed by atoms with Crippen LogP contribution >= 0.6 is 22.9 Å². The minimum atomic E-state index is -4.87. The molecular formula is C20H16ClF2N3O4S2. The molecule has 1 aromatic heterocycles. The fourth-order valence-electron chi connectivity index (χ4n) is 2.90. The molecule has 0 saturated heterocycles. The summed E-state index contributed by atoms with van der Waals surface area (Å²) in [4.78, 5) is 14.3. The predicted molar refractivity (Wildman–Crippen MR) is 120 cm³/mol. The Hall–Kier alpha value is -3.02. The SMILES string of the molecule is C=Cc1ccc(F)c(C(C)Nc2cc(F)c(S(=O)(=O)N(C(=O)O)c3cscn3)cc2Cl)c1. The van der Waals surface area contributed by atoms with Gasteiger partial charge in [0.1, 0.15) is 16.5 Å². The van der Waals surface area contributed by atoms with Crippen molar-refractivity contribution in [2.24, 2.45) is 0 Å². The summed E-state index contributed by atoms with van der Waals surface area (Å²) < 4.78 is 54.7. The second-order valence-electron chi connectivity index (χ2n) is 6.51. The number of nitrogens with one attached hydrogen (secondary N) is 1. The van der Waals surface area contributed by atoms with Crippen molar-refractivity contribution in [1.29, 1.82) is 0 Å². The standard InChI is InChI=1S/C20H16ClF2N3O4S2/c1-3-12-4-5-15(22)13(6-12)11(2)25-17-8-16(23)18(7-14(17)21)32(29,30)26(20(27)28)19-9-31-10-24-19/h3-11,25H,1H2,2H3,(H,27,28). The van der Waals surface area contributed by atoms with Gasteiger partial charge in [0.2, 0.25) is 0 Å². The molecule has 0 saturated carbocycles. The largest absolute Gasteiger partial charge is 0.464 e. The van der Waals surface area contributed by atoms with Crippen molar-refractivity contribution in [3.63, 3.8) is 0 Å². The molecule has 0 aliphatic carbocycles. The third-order valence-electron chi connectivity index (χ3n) is 4.44. The molecule has 0 aliphatic heterocycles. The average molecular weight is 500 g/mol. The Morgan fingerprint density at radius 3 is 2.62 bits per heavy atom. The Balaban J connectivity index is 1.98. The predicted octanol–water partition coefficient (Wildman–Crippen LogP) is 5.76. The summed E-state index contributed by atoms with van der Waals surface area (Å²) in [5, 5.41) is 13.2. The van der Waals surface area contributed by atoms with Gasteiger partial charge in [0, 0.05) is 10.9 Å². The summed E-state index contributed by atoms with van der Waals surface area (Å²) in [6.07, 6.45) is -0.321. The van der Waals surface area contributed by atoms with E-state index in [4.69, 9.17) is 11.6 Å². The van der Waals surface area contributed by atoms with Crippen LogP contribution in [0.4, 0.5) is 25.1 Å². The van der Waals surface area contributed by atoms with Crippen LogP contribution in [0, 0.1) is 11.6 Å². The summed E-state index contributed by atoms with van der Waals surface area (Å²) in [6, 6.07) is 5.30. The van der Waals surface area contributed by atoms with E-state index in [-0.39, 0.29) is 20.6 Å². The van der Waals surface area contributed by atoms with Crippen LogP contribution < -0.4 is 9.62 Å². The van der Waals surface area contributed by atoms with Gasteiger partial charge in [-0.1, -0.05) is 30.3 Å². The minimum Gasteiger partial charge on any atom is -0.464 e. The highest BCUT2D eigenvalue weighted by atomic mass is 35.5. The molecule has 168 valence electrons. The first-order valence-electron chi connectivity index (χ1n) is 8.90. The van der Waals surface area contributed by atoms with E-state index in [1.54, 1.807) is 25.1 Å². The molecule has 0 fully saturated rings. The maximum absolute atomic E-state index is 14.8. The van der Waals surface area contributed by atoms with Crippen LogP contribution in [0.15, 0.2) is 52.7 Å². The summed E-state index contributed by atoms with van der Waals surface area (Å²) in [7, 11) is -4.87. The summed E-state index contributed by atoms with van der Waals surface area (Å²) >= 11 is 7.13. The van der Waals surface area contributed by atoms with Gasteiger partial charge in [0.25, 0.3) is 10.0 Å². The quantitative estimate of drug-likeness (QED) is 0.428. The van der Waals surface area contributed by atoms with Crippen LogP contribution in [0.25, 0.3) is 6.08 Å². The first kappa shape index (κ1) is 23.6. The highest BCUT2D eigenvalue weighted by Gasteiger charge is 2.35. The molecule has 7 nitrogen and oxygen atoms in total. The average Bonchev–Trinajstić information content (AvgIpc) is 3.24. The van der Waals surface area contributed by atoms with Crippen LogP contribution in [0.2, 0.25) is 5.02 Å². The molecule has 0 spiro atoms. The number of aromatic nitrogens is 1. The molecule has 3 rings (SSSR count). The normalized spacial score (nSPS) is 12.2. The summed E-state index contributed by atoms with van der Waals surface area (Å²) in [5.74, 6) is -2.15. The molecule has 32 heavy (non-hydrogen) atoms. The number of halogens is 3. The van der Waals surface area contributed by atoms with E-state index in [0.29, 0.717) is 5.56 Å². The summed E-state index contributed by atoms with van der Waals surface area (Å²) in [6.45, 7) is 5.24. The lowest BCUT2D eigenvalue weighted by molar-refractivity contribution is 0.206. The number of amides is 1. The van der Waals surface area contributed by atoms with Crippen molar-refractivity contribution in [1.82, 2.24) is 4.98 Å². The topological polar surface area (TPSA) is 99.6 Å². The van der Waals surface area contributed by atoms with Gasteiger partial charge in [-0.2, -0.15) is 0 Å². The van der Waals surface area contributed by atoms with E-state index in [1.165, 1.54) is 17.0 Å². The Bertz CT molecular complexity index is 1280. The molecule has 1 heterocycles. The van der Waals surface area contributed by atoms with Gasteiger partial charge in [0.05, 0.1) is 22.3 Å². The third-order valence-corrected chi connectivity index (χ3v) is 7.01. The van der Waals surface area contributed by atoms with Gasteiger partial charge in [-0.3, -0.25) is 0 Å². The highest BCUT2D eigenvalue weighted by Crippen LogP contribution is 2.34. The van der Waals surface area contributed by atoms with Crippen LogP contribution in [0.1, 0.15) is 24.1 Å². The van der Waals surface area contributed by atoms with Crippen molar-refractivity contribution < 1.29 is 27.1 Å². The molecule has 1 atom stereocenters. The Kier molecular flexibility index (Phi) is 6.82. The number of rotatable bonds is 7. The summed E-state index contributed by atoms with van der Waals surface area (Å²) in [5.41, 5.74) is 2.16. The maximum Gasteiger partial charge on any atom is 0.427 e. The molecule has 2 aromatic carbocycles. The number of carbonyl (C=O) groups is 1. The zero-order chi connectivity index (χ0) is 23.6. The number of thiazole rings is 1. The number of nitrogens with zero attached hydrogens (tertiary/aromatic N) is 2. The molecule has 0 radical (unpaired) electrons. The van der Waals surface area contributed by atoms with Crippen molar-refractivity contribution in [2.45, 2.75) is 17.9 Å². The van der Waals surface area contributed by atoms with Gasteiger partial charge in [-0.15, -0.1) is 15.6 Å². The number of hydrogen-bond donors (Lipinski definition) is 2. The monoisotopic (exact) mass is 499 g/mol. The lowest BCUT2D eigenvalue weighted by Crippen LogP contribution is -2.36. The lowest BCUT2D eigenvalue weighted by atomic mass is 10.0. The van der Waals surface area contributed by atoms with Crippen molar-refractivity contribution in [3.8, 4) is 0 Å². The molecule has 1 amide bonds. The van der Waals surface area contributed by atoms with E-state index >= 15 is 0 Å². The smallest absolute Gasteiger partial charge is 0.427 e. The molecule has 12 heteroatoms. The van der Waals surface area contributed by atoms with Crippen molar-refractivity contribution in [2.75, 3.05) is 9.62 Å². The Morgan fingerprint density at radius 1 is 1.31 bits per heavy atom. The number of benzene rings is 2. The zero-order valence-corrected chi connectivity index (χ0v) is 18.8. The molecule has 3 aromatic rings. The molecule has 0 aliphatic rings. The van der Waals surface area contributed by atoms with Crippen molar-refractivity contribution in [3.05, 3.63) is 75.6 Å². The number of carboxylic acid groups (broad SMARTS) is 1. The van der Waals surface area contributed by atoms with Crippen LogP contribution in [0.3, 0.4) is 0 Å². The molecule has 0 bridgehead atoms. The van der Waals surface area contributed by atoms with E-state index in [9.17, 15) is 27.1 Å². The van der Waals surface area contributed by atoms with Crippen LogP contribution in [-0.4, -0.2) is 24.6 Å². The maximum atomic E-state index is 14.8. The molecular weight excluding hydrogens is 484 g/mol. The van der Waals surface area contributed by atoms with E-state index in [2.05, 4.69) is 16.9 Å². The molecule has 2 N–H and O–H groups in total. The minimum absolute atomic E-state index is 0.00504. The number of anilines is 2. The van der Waals surface area contributed by atoms with E-state index < -0.39 is 44.5 Å².